The van der Waals surface area contributed by atoms with E-state index in [-0.39, 0.29) is 36.2 Å². The number of ether oxygens (including phenoxy) is 2. The molecule has 0 aliphatic carbocycles. The van der Waals surface area contributed by atoms with Crippen molar-refractivity contribution in [3.8, 4) is 11.5 Å². The summed E-state index contributed by atoms with van der Waals surface area (Å²) in [5.41, 5.74) is 1.10. The van der Waals surface area contributed by atoms with Crippen molar-refractivity contribution in [1.29, 1.82) is 0 Å². The van der Waals surface area contributed by atoms with Crippen LogP contribution in [-0.2, 0) is 14.9 Å². The maximum Gasteiger partial charge on any atom is 0.293 e. The van der Waals surface area contributed by atoms with Gasteiger partial charge in [0.2, 0.25) is 0 Å². The fourth-order valence-electron chi connectivity index (χ4n) is 4.67. The molecule has 0 unspecified atom stereocenters. The van der Waals surface area contributed by atoms with Crippen LogP contribution in [0.4, 0.5) is 0 Å². The highest BCUT2D eigenvalue weighted by Gasteiger charge is 2.45. The third-order valence-corrected chi connectivity index (χ3v) is 6.46. The van der Waals surface area contributed by atoms with E-state index in [0.717, 1.165) is 18.4 Å². The van der Waals surface area contributed by atoms with E-state index in [9.17, 15) is 15.0 Å². The van der Waals surface area contributed by atoms with E-state index in [1.807, 2.05) is 26.0 Å². The van der Waals surface area contributed by atoms with Gasteiger partial charge in [-0.2, -0.15) is 0 Å². The van der Waals surface area contributed by atoms with Crippen molar-refractivity contribution in [3.63, 3.8) is 0 Å². The molecule has 0 saturated heterocycles. The number of rotatable bonds is 11. The maximum absolute atomic E-state index is 10.9. The smallest absolute Gasteiger partial charge is 0.293 e. The average molecular weight is 407 g/mol. The summed E-state index contributed by atoms with van der Waals surface area (Å²) in [5, 5.41) is 20.5. The van der Waals surface area contributed by atoms with Gasteiger partial charge in [0.1, 0.15) is 17.1 Å². The summed E-state index contributed by atoms with van der Waals surface area (Å²) in [6, 6.07) is 3.88. The van der Waals surface area contributed by atoms with E-state index in [1.165, 1.54) is 19.3 Å². The molecule has 5 heteroatoms. The number of hydrogen-bond acceptors (Lipinski definition) is 5. The molecule has 0 bridgehead atoms. The Kier molecular flexibility index (Phi) is 7.98. The quantitative estimate of drug-likeness (QED) is 0.396. The Morgan fingerprint density at radius 2 is 1.97 bits per heavy atom. The Labute approximate surface area is 175 Å². The Morgan fingerprint density at radius 3 is 2.59 bits per heavy atom. The molecule has 5 nitrogen and oxygen atoms in total. The molecule has 0 radical (unpaired) electrons. The average Bonchev–Trinajstić information content (AvgIpc) is 2.64. The van der Waals surface area contributed by atoms with Crippen molar-refractivity contribution in [1.82, 2.24) is 0 Å². The molecule has 0 aromatic heterocycles. The van der Waals surface area contributed by atoms with Crippen molar-refractivity contribution < 1.29 is 24.5 Å². The number of carbonyl (C=O) groups is 1. The van der Waals surface area contributed by atoms with Gasteiger partial charge in [0.25, 0.3) is 6.47 Å². The molecule has 1 heterocycles. The SMILES string of the molecule is CCCCCCC(C)(C)c1cc(O)c2c(c1)OC(C)(C)[C@H](CCO)[C@H]2COC=O. The molecule has 164 valence electrons. The van der Waals surface area contributed by atoms with Gasteiger partial charge in [0, 0.05) is 24.0 Å². The summed E-state index contributed by atoms with van der Waals surface area (Å²) in [5.74, 6) is 0.518. The Hall–Kier alpha value is -1.75. The van der Waals surface area contributed by atoms with Crippen LogP contribution in [0.15, 0.2) is 12.1 Å². The third-order valence-electron chi connectivity index (χ3n) is 6.46. The molecule has 2 rings (SSSR count). The lowest BCUT2D eigenvalue weighted by atomic mass is 9.71. The van der Waals surface area contributed by atoms with E-state index in [4.69, 9.17) is 9.47 Å². The molecule has 2 atom stereocenters. The molecule has 1 aliphatic rings. The topological polar surface area (TPSA) is 76.0 Å². The normalized spacial score (nSPS) is 20.6. The number of aliphatic hydroxyl groups is 1. The second-order valence-electron chi connectivity index (χ2n) is 9.46. The van der Waals surface area contributed by atoms with Gasteiger partial charge >= 0.3 is 0 Å². The number of phenolic OH excluding ortho intramolecular Hbond substituents is 1. The standard InChI is InChI=1S/C24H38O5/c1-6-7-8-9-11-23(2,3)17-13-20(27)22-18(15-28-16-26)19(10-12-25)24(4,5)29-21(22)14-17/h13-14,16,18-19,25,27H,6-12,15H2,1-5H3/t18-,19-/m1/s1. The number of carbonyl (C=O) groups excluding carboxylic acids is 1. The van der Waals surface area contributed by atoms with Crippen LogP contribution in [0.5, 0.6) is 11.5 Å². The number of hydrogen-bond donors (Lipinski definition) is 2. The molecule has 29 heavy (non-hydrogen) atoms. The van der Waals surface area contributed by atoms with Gasteiger partial charge in [0.15, 0.2) is 0 Å². The fraction of sp³-hybridized carbons (Fsp3) is 0.708. The molecule has 0 saturated carbocycles. The van der Waals surface area contributed by atoms with Crippen LogP contribution in [-0.4, -0.2) is 35.5 Å². The van der Waals surface area contributed by atoms with E-state index < -0.39 is 5.60 Å². The van der Waals surface area contributed by atoms with Crippen LogP contribution in [0.2, 0.25) is 0 Å². The first-order valence-electron chi connectivity index (χ1n) is 10.9. The van der Waals surface area contributed by atoms with Crippen LogP contribution in [0.25, 0.3) is 0 Å². The lowest BCUT2D eigenvalue weighted by Gasteiger charge is -2.45. The van der Waals surface area contributed by atoms with Crippen LogP contribution in [0.3, 0.4) is 0 Å². The molecule has 1 aliphatic heterocycles. The predicted octanol–water partition coefficient (Wildman–Crippen LogP) is 5.07. The number of aliphatic hydroxyl groups excluding tert-OH is 1. The van der Waals surface area contributed by atoms with Gasteiger partial charge in [-0.1, -0.05) is 46.5 Å². The van der Waals surface area contributed by atoms with Gasteiger partial charge in [-0.05, 0) is 49.8 Å². The lowest BCUT2D eigenvalue weighted by Crippen LogP contribution is -2.46. The second kappa shape index (κ2) is 9.84. The van der Waals surface area contributed by atoms with Crippen molar-refractivity contribution in [3.05, 3.63) is 23.3 Å². The highest BCUT2D eigenvalue weighted by molar-refractivity contribution is 5.53. The first-order valence-corrected chi connectivity index (χ1v) is 10.9. The number of phenols is 1. The summed E-state index contributed by atoms with van der Waals surface area (Å²) >= 11 is 0. The van der Waals surface area contributed by atoms with E-state index in [2.05, 4.69) is 20.8 Å². The van der Waals surface area contributed by atoms with E-state index in [0.29, 0.717) is 24.2 Å². The molecule has 1 aromatic rings. The predicted molar refractivity (Wildman–Crippen MR) is 115 cm³/mol. The van der Waals surface area contributed by atoms with Gasteiger partial charge in [-0.15, -0.1) is 0 Å². The summed E-state index contributed by atoms with van der Waals surface area (Å²) < 4.78 is 11.4. The Morgan fingerprint density at radius 1 is 1.24 bits per heavy atom. The fourth-order valence-corrected chi connectivity index (χ4v) is 4.67. The highest BCUT2D eigenvalue weighted by Crippen LogP contribution is 2.51. The highest BCUT2D eigenvalue weighted by atomic mass is 16.5. The first-order chi connectivity index (χ1) is 13.7. The van der Waals surface area contributed by atoms with Crippen LogP contribution in [0, 0.1) is 5.92 Å². The molecule has 1 aromatic carbocycles. The summed E-state index contributed by atoms with van der Waals surface area (Å²) in [6.45, 7) is 11.2. The Bertz CT molecular complexity index is 680. The molecule has 0 spiro atoms. The van der Waals surface area contributed by atoms with Crippen LogP contribution < -0.4 is 4.74 Å². The largest absolute Gasteiger partial charge is 0.508 e. The Balaban J connectivity index is 2.41. The minimum absolute atomic E-state index is 0.00795. The number of aromatic hydroxyl groups is 1. The van der Waals surface area contributed by atoms with E-state index >= 15 is 0 Å². The zero-order valence-electron chi connectivity index (χ0n) is 18.7. The van der Waals surface area contributed by atoms with Crippen molar-refractivity contribution in [2.24, 2.45) is 5.92 Å². The minimum atomic E-state index is -0.553. The second-order valence-corrected chi connectivity index (χ2v) is 9.46. The van der Waals surface area contributed by atoms with Crippen molar-refractivity contribution in [2.75, 3.05) is 13.2 Å². The monoisotopic (exact) mass is 406 g/mol. The zero-order valence-corrected chi connectivity index (χ0v) is 18.7. The first kappa shape index (κ1) is 23.5. The van der Waals surface area contributed by atoms with Crippen molar-refractivity contribution >= 4 is 6.47 Å². The number of fused-ring (bicyclic) bond motifs is 1. The molecule has 0 amide bonds. The summed E-state index contributed by atoms with van der Waals surface area (Å²) in [7, 11) is 0. The van der Waals surface area contributed by atoms with Crippen molar-refractivity contribution in [2.45, 2.75) is 90.1 Å². The van der Waals surface area contributed by atoms with Gasteiger partial charge < -0.3 is 19.7 Å². The maximum atomic E-state index is 10.9. The zero-order chi connectivity index (χ0) is 21.7. The summed E-state index contributed by atoms with van der Waals surface area (Å²) in [4.78, 5) is 10.8. The lowest BCUT2D eigenvalue weighted by molar-refractivity contribution is -0.130. The van der Waals surface area contributed by atoms with Crippen LogP contribution in [0.1, 0.15) is 90.2 Å². The molecule has 0 fully saturated rings. The van der Waals surface area contributed by atoms with Gasteiger partial charge in [-0.3, -0.25) is 4.79 Å². The number of benzene rings is 1. The molecule has 2 N–H and O–H groups in total. The molecular formula is C24H38O5. The molecular weight excluding hydrogens is 368 g/mol. The third kappa shape index (κ3) is 5.44. The van der Waals surface area contributed by atoms with Gasteiger partial charge in [0.05, 0.1) is 6.61 Å². The van der Waals surface area contributed by atoms with Gasteiger partial charge in [-0.25, -0.2) is 0 Å². The van der Waals surface area contributed by atoms with Crippen LogP contribution >= 0.6 is 0 Å². The minimum Gasteiger partial charge on any atom is -0.508 e. The summed E-state index contributed by atoms with van der Waals surface area (Å²) in [6.07, 6.45) is 6.37. The van der Waals surface area contributed by atoms with E-state index in [1.54, 1.807) is 0 Å². The number of unbranched alkanes of at least 4 members (excludes halogenated alkanes) is 3.